The lowest BCUT2D eigenvalue weighted by Gasteiger charge is -2.10. The summed E-state index contributed by atoms with van der Waals surface area (Å²) < 4.78 is 0. The largest absolute Gasteiger partial charge is 0.321 e. The van der Waals surface area contributed by atoms with Crippen molar-refractivity contribution in [1.29, 1.82) is 0 Å². The van der Waals surface area contributed by atoms with E-state index in [1.807, 2.05) is 0 Å². The van der Waals surface area contributed by atoms with Gasteiger partial charge in [0.1, 0.15) is 0 Å². The molecule has 1 aliphatic carbocycles. The van der Waals surface area contributed by atoms with Gasteiger partial charge in [-0.1, -0.05) is 31.0 Å². The highest BCUT2D eigenvalue weighted by molar-refractivity contribution is 6.34. The van der Waals surface area contributed by atoms with Gasteiger partial charge >= 0.3 is 0 Å². The van der Waals surface area contributed by atoms with Gasteiger partial charge in [0.2, 0.25) is 5.91 Å². The molecule has 0 atom stereocenters. The smallest absolute Gasteiger partial charge is 0.247 e. The van der Waals surface area contributed by atoms with E-state index in [0.29, 0.717) is 16.3 Å². The monoisotopic (exact) mass is 277 g/mol. The van der Waals surface area contributed by atoms with Gasteiger partial charge in [-0.2, -0.15) is 0 Å². The molecule has 0 saturated heterocycles. The van der Waals surface area contributed by atoms with E-state index < -0.39 is 0 Å². The fourth-order valence-electron chi connectivity index (χ4n) is 2.38. The van der Waals surface area contributed by atoms with Gasteiger partial charge in [-0.15, -0.1) is 0 Å². The molecule has 0 unspecified atom stereocenters. The normalized spacial score (nSPS) is 15.2. The van der Waals surface area contributed by atoms with Crippen LogP contribution in [0.25, 0.3) is 0 Å². The number of hydrogen-bond donors (Lipinski definition) is 1. The first kappa shape index (κ1) is 13.8. The molecule has 1 fully saturated rings. The highest BCUT2D eigenvalue weighted by Gasteiger charge is 2.24. The van der Waals surface area contributed by atoms with Crippen LogP contribution in [-0.2, 0) is 4.79 Å². The van der Waals surface area contributed by atoms with Crippen molar-refractivity contribution in [3.63, 3.8) is 0 Å². The van der Waals surface area contributed by atoms with Gasteiger partial charge in [-0.05, 0) is 37.1 Å². The van der Waals surface area contributed by atoms with Crippen LogP contribution in [0.3, 0.4) is 0 Å². The standard InChI is InChI=1S/C15H16ClNO2/c1-2-14(18)17-13-8-7-11(9-12(13)16)15(19)10-5-3-4-6-10/h2,7-10H,1,3-6H2,(H,17,18). The van der Waals surface area contributed by atoms with Gasteiger partial charge < -0.3 is 5.32 Å². The maximum absolute atomic E-state index is 12.2. The summed E-state index contributed by atoms with van der Waals surface area (Å²) in [7, 11) is 0. The number of ketones is 1. The zero-order valence-corrected chi connectivity index (χ0v) is 11.4. The van der Waals surface area contributed by atoms with Crippen LogP contribution in [0.5, 0.6) is 0 Å². The molecule has 1 amide bonds. The Kier molecular flexibility index (Phi) is 4.38. The number of nitrogens with one attached hydrogen (secondary N) is 1. The van der Waals surface area contributed by atoms with E-state index in [1.54, 1.807) is 18.2 Å². The van der Waals surface area contributed by atoms with Crippen LogP contribution in [0.4, 0.5) is 5.69 Å². The summed E-state index contributed by atoms with van der Waals surface area (Å²) >= 11 is 6.08. The van der Waals surface area contributed by atoms with Crippen LogP contribution in [0.2, 0.25) is 5.02 Å². The molecule has 19 heavy (non-hydrogen) atoms. The summed E-state index contributed by atoms with van der Waals surface area (Å²) in [6.07, 6.45) is 5.35. The Hall–Kier alpha value is -1.61. The van der Waals surface area contributed by atoms with Crippen LogP contribution >= 0.6 is 11.6 Å². The van der Waals surface area contributed by atoms with Crippen molar-refractivity contribution >= 4 is 29.0 Å². The number of Topliss-reactive ketones (excluding diaryl/α,β-unsaturated/α-hetero) is 1. The Labute approximate surface area is 117 Å². The topological polar surface area (TPSA) is 46.2 Å². The van der Waals surface area contributed by atoms with Crippen molar-refractivity contribution in [1.82, 2.24) is 0 Å². The molecule has 1 saturated carbocycles. The molecule has 0 bridgehead atoms. The second-order valence-electron chi connectivity index (χ2n) is 4.73. The summed E-state index contributed by atoms with van der Waals surface area (Å²) in [5.41, 5.74) is 1.11. The predicted molar refractivity (Wildman–Crippen MR) is 76.6 cm³/mol. The van der Waals surface area contributed by atoms with Gasteiger partial charge in [0, 0.05) is 11.5 Å². The summed E-state index contributed by atoms with van der Waals surface area (Å²) in [4.78, 5) is 23.4. The Morgan fingerprint density at radius 3 is 2.58 bits per heavy atom. The van der Waals surface area contributed by atoms with E-state index in [4.69, 9.17) is 11.6 Å². The van der Waals surface area contributed by atoms with E-state index in [9.17, 15) is 9.59 Å². The van der Waals surface area contributed by atoms with Crippen LogP contribution in [-0.4, -0.2) is 11.7 Å². The number of anilines is 1. The molecule has 0 aliphatic heterocycles. The lowest BCUT2D eigenvalue weighted by molar-refractivity contribution is -0.111. The fourth-order valence-corrected chi connectivity index (χ4v) is 2.60. The number of carbonyl (C=O) groups is 2. The van der Waals surface area contributed by atoms with Gasteiger partial charge in [-0.3, -0.25) is 9.59 Å². The second kappa shape index (κ2) is 6.02. The van der Waals surface area contributed by atoms with Crippen molar-refractivity contribution < 1.29 is 9.59 Å². The van der Waals surface area contributed by atoms with Gasteiger partial charge in [0.15, 0.2) is 5.78 Å². The average Bonchev–Trinajstić information content (AvgIpc) is 2.94. The van der Waals surface area contributed by atoms with Crippen molar-refractivity contribution in [2.45, 2.75) is 25.7 Å². The molecule has 0 radical (unpaired) electrons. The predicted octanol–water partition coefficient (Wildman–Crippen LogP) is 3.84. The lowest BCUT2D eigenvalue weighted by Crippen LogP contribution is -2.12. The van der Waals surface area contributed by atoms with E-state index in [2.05, 4.69) is 11.9 Å². The summed E-state index contributed by atoms with van der Waals surface area (Å²) in [5, 5.41) is 2.97. The SMILES string of the molecule is C=CC(=O)Nc1ccc(C(=O)C2CCCC2)cc1Cl. The molecule has 0 spiro atoms. The van der Waals surface area contributed by atoms with Crippen molar-refractivity contribution in [2.75, 3.05) is 5.32 Å². The first-order chi connectivity index (χ1) is 9.11. The number of carbonyl (C=O) groups excluding carboxylic acids is 2. The van der Waals surface area contributed by atoms with Gasteiger partial charge in [0.25, 0.3) is 0 Å². The van der Waals surface area contributed by atoms with Gasteiger partial charge in [0.05, 0.1) is 10.7 Å². The average molecular weight is 278 g/mol. The van der Waals surface area contributed by atoms with Crippen LogP contribution in [0.15, 0.2) is 30.9 Å². The molecular weight excluding hydrogens is 262 g/mol. The third kappa shape index (κ3) is 3.24. The van der Waals surface area contributed by atoms with Gasteiger partial charge in [-0.25, -0.2) is 0 Å². The van der Waals surface area contributed by atoms with Crippen LogP contribution in [0, 0.1) is 5.92 Å². The minimum absolute atomic E-state index is 0.129. The van der Waals surface area contributed by atoms with E-state index in [0.717, 1.165) is 25.7 Å². The maximum Gasteiger partial charge on any atom is 0.247 e. The minimum Gasteiger partial charge on any atom is -0.321 e. The number of halogens is 1. The third-order valence-electron chi connectivity index (χ3n) is 3.42. The molecule has 3 nitrogen and oxygen atoms in total. The van der Waals surface area contributed by atoms with Crippen molar-refractivity contribution in [3.05, 3.63) is 41.4 Å². The number of benzene rings is 1. The molecule has 1 N–H and O–H groups in total. The molecule has 100 valence electrons. The number of rotatable bonds is 4. The lowest BCUT2D eigenvalue weighted by atomic mass is 9.96. The second-order valence-corrected chi connectivity index (χ2v) is 5.14. The van der Waals surface area contributed by atoms with Crippen LogP contribution in [0.1, 0.15) is 36.0 Å². The molecular formula is C15H16ClNO2. The third-order valence-corrected chi connectivity index (χ3v) is 3.74. The first-order valence-electron chi connectivity index (χ1n) is 6.39. The van der Waals surface area contributed by atoms with E-state index >= 15 is 0 Å². The molecule has 0 heterocycles. The Morgan fingerprint density at radius 1 is 1.32 bits per heavy atom. The summed E-state index contributed by atoms with van der Waals surface area (Å²) in [6, 6.07) is 5.00. The fraction of sp³-hybridized carbons (Fsp3) is 0.333. The van der Waals surface area contributed by atoms with Crippen molar-refractivity contribution in [3.8, 4) is 0 Å². The molecule has 2 rings (SSSR count). The molecule has 0 aromatic heterocycles. The number of amides is 1. The Morgan fingerprint density at radius 2 is 2.00 bits per heavy atom. The molecule has 1 aromatic rings. The van der Waals surface area contributed by atoms with E-state index in [-0.39, 0.29) is 17.6 Å². The van der Waals surface area contributed by atoms with Crippen LogP contribution < -0.4 is 5.32 Å². The molecule has 1 aromatic carbocycles. The summed E-state index contributed by atoms with van der Waals surface area (Å²) in [5.74, 6) is -0.0394. The Balaban J connectivity index is 2.15. The highest BCUT2D eigenvalue weighted by Crippen LogP contribution is 2.30. The summed E-state index contributed by atoms with van der Waals surface area (Å²) in [6.45, 7) is 3.38. The molecule has 1 aliphatic rings. The minimum atomic E-state index is -0.322. The number of hydrogen-bond acceptors (Lipinski definition) is 2. The Bertz CT molecular complexity index is 519. The quantitative estimate of drug-likeness (QED) is 0.671. The molecule has 4 heteroatoms. The van der Waals surface area contributed by atoms with Crippen molar-refractivity contribution in [2.24, 2.45) is 5.92 Å². The zero-order chi connectivity index (χ0) is 13.8. The first-order valence-corrected chi connectivity index (χ1v) is 6.77. The van der Waals surface area contributed by atoms with E-state index in [1.165, 1.54) is 6.08 Å². The zero-order valence-electron chi connectivity index (χ0n) is 10.6. The maximum atomic E-state index is 12.2. The highest BCUT2D eigenvalue weighted by atomic mass is 35.5.